The van der Waals surface area contributed by atoms with Crippen molar-refractivity contribution in [3.8, 4) is 11.5 Å². The average Bonchev–Trinajstić information content (AvgIpc) is 2.77. The van der Waals surface area contributed by atoms with Crippen LogP contribution in [0, 0.1) is 0 Å². The van der Waals surface area contributed by atoms with E-state index >= 15 is 0 Å². The molecule has 6 nitrogen and oxygen atoms in total. The smallest absolute Gasteiger partial charge is 0.317 e. The largest absolute Gasteiger partial charge is 0.493 e. The van der Waals surface area contributed by atoms with Gasteiger partial charge in [-0.2, -0.15) is 0 Å². The van der Waals surface area contributed by atoms with E-state index in [4.69, 9.17) is 9.47 Å². The van der Waals surface area contributed by atoms with Crippen molar-refractivity contribution in [2.45, 2.75) is 19.9 Å². The number of hydrogen-bond acceptors (Lipinski definition) is 4. The number of hydrogen-bond donors (Lipinski definition) is 1. The van der Waals surface area contributed by atoms with Crippen molar-refractivity contribution in [3.63, 3.8) is 0 Å². The molecule has 3 rings (SSSR count). The van der Waals surface area contributed by atoms with Crippen LogP contribution in [0.3, 0.4) is 0 Å². The number of carbonyl (C=O) groups is 1. The fourth-order valence-corrected chi connectivity index (χ4v) is 3.55. The third-order valence-electron chi connectivity index (χ3n) is 5.17. The molecule has 2 amide bonds. The molecule has 1 heterocycles. The summed E-state index contributed by atoms with van der Waals surface area (Å²) in [6.45, 7) is 5.77. The van der Waals surface area contributed by atoms with E-state index in [0.717, 1.165) is 38.2 Å². The molecule has 0 spiro atoms. The molecule has 0 bridgehead atoms. The minimum atomic E-state index is -0.0294. The van der Waals surface area contributed by atoms with Crippen molar-refractivity contribution in [2.24, 2.45) is 0 Å². The molecular formula is C22H29N3O3. The van der Waals surface area contributed by atoms with Crippen molar-refractivity contribution < 1.29 is 14.3 Å². The number of amides is 2. The number of urea groups is 1. The number of nitrogens with zero attached hydrogens (tertiary/aromatic N) is 2. The van der Waals surface area contributed by atoms with E-state index < -0.39 is 0 Å². The lowest BCUT2D eigenvalue weighted by molar-refractivity contribution is 0.194. The second-order valence-electron chi connectivity index (χ2n) is 6.80. The van der Waals surface area contributed by atoms with Crippen molar-refractivity contribution in [1.82, 2.24) is 10.2 Å². The number of methoxy groups -OCH3 is 2. The van der Waals surface area contributed by atoms with E-state index in [-0.39, 0.29) is 6.03 Å². The molecule has 150 valence electrons. The molecule has 2 aromatic rings. The van der Waals surface area contributed by atoms with Gasteiger partial charge in [0, 0.05) is 38.4 Å². The van der Waals surface area contributed by atoms with Gasteiger partial charge in [-0.25, -0.2) is 4.79 Å². The molecule has 1 saturated heterocycles. The third kappa shape index (κ3) is 4.50. The van der Waals surface area contributed by atoms with Crippen LogP contribution < -0.4 is 19.7 Å². The van der Waals surface area contributed by atoms with E-state index in [2.05, 4.69) is 41.4 Å². The first-order chi connectivity index (χ1) is 13.7. The number of rotatable bonds is 6. The van der Waals surface area contributed by atoms with Crippen LogP contribution in [0.1, 0.15) is 18.1 Å². The van der Waals surface area contributed by atoms with Crippen LogP contribution in [0.2, 0.25) is 0 Å². The van der Waals surface area contributed by atoms with Gasteiger partial charge in [-0.3, -0.25) is 0 Å². The van der Waals surface area contributed by atoms with Gasteiger partial charge in [0.15, 0.2) is 11.5 Å². The van der Waals surface area contributed by atoms with Crippen molar-refractivity contribution >= 4 is 11.7 Å². The molecule has 1 N–H and O–H groups in total. The second-order valence-corrected chi connectivity index (χ2v) is 6.80. The molecule has 6 heteroatoms. The van der Waals surface area contributed by atoms with Crippen LogP contribution in [0.5, 0.6) is 11.5 Å². The first-order valence-electron chi connectivity index (χ1n) is 9.72. The Labute approximate surface area is 167 Å². The monoisotopic (exact) mass is 383 g/mol. The summed E-state index contributed by atoms with van der Waals surface area (Å²) < 4.78 is 10.6. The molecule has 0 aliphatic carbocycles. The zero-order valence-electron chi connectivity index (χ0n) is 16.9. The Balaban J connectivity index is 1.53. The van der Waals surface area contributed by atoms with Crippen molar-refractivity contribution in [1.29, 1.82) is 0 Å². The number of carbonyl (C=O) groups excluding carboxylic acids is 1. The van der Waals surface area contributed by atoms with E-state index in [9.17, 15) is 4.79 Å². The molecule has 2 aromatic carbocycles. The zero-order valence-corrected chi connectivity index (χ0v) is 16.9. The van der Waals surface area contributed by atoms with Gasteiger partial charge in [0.1, 0.15) is 0 Å². The van der Waals surface area contributed by atoms with Gasteiger partial charge in [0.25, 0.3) is 0 Å². The second kappa shape index (κ2) is 9.35. The number of nitrogens with one attached hydrogen (secondary N) is 1. The molecule has 1 aliphatic rings. The number of ether oxygens (including phenoxy) is 2. The summed E-state index contributed by atoms with van der Waals surface area (Å²) in [4.78, 5) is 16.8. The SMILES string of the molecule is CCc1ccccc1N1CCN(C(=O)NCc2ccc(OC)c(OC)c2)CC1. The number of anilines is 1. The lowest BCUT2D eigenvalue weighted by Gasteiger charge is -2.37. The molecule has 0 radical (unpaired) electrons. The molecule has 0 atom stereocenters. The topological polar surface area (TPSA) is 54.0 Å². The van der Waals surface area contributed by atoms with Gasteiger partial charge in [-0.1, -0.05) is 31.2 Å². The third-order valence-corrected chi connectivity index (χ3v) is 5.17. The lowest BCUT2D eigenvalue weighted by atomic mass is 10.1. The maximum Gasteiger partial charge on any atom is 0.317 e. The van der Waals surface area contributed by atoms with E-state index in [1.165, 1.54) is 11.3 Å². The summed E-state index contributed by atoms with van der Waals surface area (Å²) in [6, 6.07) is 14.2. The van der Waals surface area contributed by atoms with Gasteiger partial charge in [-0.05, 0) is 35.7 Å². The molecule has 0 saturated carbocycles. The molecule has 28 heavy (non-hydrogen) atoms. The highest BCUT2D eigenvalue weighted by atomic mass is 16.5. The number of para-hydroxylation sites is 1. The minimum absolute atomic E-state index is 0.0294. The number of piperazine rings is 1. The summed E-state index contributed by atoms with van der Waals surface area (Å²) in [7, 11) is 3.22. The van der Waals surface area contributed by atoms with Crippen LogP contribution in [0.25, 0.3) is 0 Å². The molecule has 1 fully saturated rings. The van der Waals surface area contributed by atoms with Crippen LogP contribution in [0.15, 0.2) is 42.5 Å². The number of aryl methyl sites for hydroxylation is 1. The Morgan fingerprint density at radius 1 is 1.00 bits per heavy atom. The maximum atomic E-state index is 12.6. The molecule has 1 aliphatic heterocycles. The summed E-state index contributed by atoms with van der Waals surface area (Å²) in [5.41, 5.74) is 3.62. The van der Waals surface area contributed by atoms with Crippen molar-refractivity contribution in [3.05, 3.63) is 53.6 Å². The van der Waals surface area contributed by atoms with Crippen LogP contribution in [0.4, 0.5) is 10.5 Å². The van der Waals surface area contributed by atoms with E-state index in [1.807, 2.05) is 23.1 Å². The highest BCUT2D eigenvalue weighted by Gasteiger charge is 2.22. The van der Waals surface area contributed by atoms with Gasteiger partial charge >= 0.3 is 6.03 Å². The van der Waals surface area contributed by atoms with Crippen LogP contribution >= 0.6 is 0 Å². The standard InChI is InChI=1S/C22H29N3O3/c1-4-18-7-5-6-8-19(18)24-11-13-25(14-12-24)22(26)23-16-17-9-10-20(27-2)21(15-17)28-3/h5-10,15H,4,11-14,16H2,1-3H3,(H,23,26). The Bertz CT molecular complexity index is 801. The Kier molecular flexibility index (Phi) is 6.63. The van der Waals surface area contributed by atoms with Gasteiger partial charge < -0.3 is 24.6 Å². The predicted octanol–water partition coefficient (Wildman–Crippen LogP) is 3.30. The summed E-state index contributed by atoms with van der Waals surface area (Å²) in [5, 5.41) is 3.01. The van der Waals surface area contributed by atoms with Crippen molar-refractivity contribution in [2.75, 3.05) is 45.3 Å². The molecular weight excluding hydrogens is 354 g/mol. The fraction of sp³-hybridized carbons (Fsp3) is 0.409. The van der Waals surface area contributed by atoms with Gasteiger partial charge in [0.2, 0.25) is 0 Å². The quantitative estimate of drug-likeness (QED) is 0.832. The fourth-order valence-electron chi connectivity index (χ4n) is 3.55. The van der Waals surface area contributed by atoms with Gasteiger partial charge in [0.05, 0.1) is 14.2 Å². The Hall–Kier alpha value is -2.89. The molecule has 0 aromatic heterocycles. The Morgan fingerprint density at radius 3 is 2.39 bits per heavy atom. The van der Waals surface area contributed by atoms with Crippen LogP contribution in [-0.4, -0.2) is 51.3 Å². The normalized spacial score (nSPS) is 14.0. The summed E-state index contributed by atoms with van der Waals surface area (Å²) in [5.74, 6) is 1.35. The lowest BCUT2D eigenvalue weighted by Crippen LogP contribution is -2.51. The van der Waals surface area contributed by atoms with E-state index in [1.54, 1.807) is 14.2 Å². The highest BCUT2D eigenvalue weighted by Crippen LogP contribution is 2.27. The maximum absolute atomic E-state index is 12.6. The molecule has 0 unspecified atom stereocenters. The van der Waals surface area contributed by atoms with E-state index in [0.29, 0.717) is 18.0 Å². The Morgan fingerprint density at radius 2 is 1.71 bits per heavy atom. The summed E-state index contributed by atoms with van der Waals surface area (Å²) >= 11 is 0. The van der Waals surface area contributed by atoms with Crippen LogP contribution in [-0.2, 0) is 13.0 Å². The summed E-state index contributed by atoms with van der Waals surface area (Å²) in [6.07, 6.45) is 1.02. The first kappa shape index (κ1) is 19.9. The zero-order chi connectivity index (χ0) is 19.9. The number of benzene rings is 2. The first-order valence-corrected chi connectivity index (χ1v) is 9.72. The predicted molar refractivity (Wildman–Crippen MR) is 111 cm³/mol. The average molecular weight is 383 g/mol. The minimum Gasteiger partial charge on any atom is -0.493 e. The van der Waals surface area contributed by atoms with Gasteiger partial charge in [-0.15, -0.1) is 0 Å². The highest BCUT2D eigenvalue weighted by molar-refractivity contribution is 5.74.